The van der Waals surface area contributed by atoms with Crippen molar-refractivity contribution in [3.05, 3.63) is 35.8 Å². The Morgan fingerprint density at radius 3 is 2.52 bits per heavy atom. The fourth-order valence-electron chi connectivity index (χ4n) is 2.53. The standard InChI is InChI=1S/C17H16F4N4O3S/c1-8(2)28-16-11-7-12(18)13(26)5-10(11)6-14(23-16)22-15-4-9(3)25(24-15)29(27)17(19,20)21/h4-8,26H,1-3H3,(H,22,23,24). The third-order valence-electron chi connectivity index (χ3n) is 3.67. The van der Waals surface area contributed by atoms with Crippen LogP contribution in [0.15, 0.2) is 24.3 Å². The summed E-state index contributed by atoms with van der Waals surface area (Å²) in [5.41, 5.74) is -4.95. The third kappa shape index (κ3) is 4.42. The topological polar surface area (TPSA) is 89.3 Å². The Balaban J connectivity index is 2.02. The van der Waals surface area contributed by atoms with E-state index >= 15 is 0 Å². The van der Waals surface area contributed by atoms with Crippen LogP contribution in [0.4, 0.5) is 29.2 Å². The number of phenolic OH excluding ortho intramolecular Hbond substituents is 1. The van der Waals surface area contributed by atoms with Crippen LogP contribution >= 0.6 is 0 Å². The summed E-state index contributed by atoms with van der Waals surface area (Å²) in [6.07, 6.45) is -0.298. The number of phenols is 1. The van der Waals surface area contributed by atoms with Crippen LogP contribution < -0.4 is 10.1 Å². The molecule has 0 saturated heterocycles. The first-order valence-corrected chi connectivity index (χ1v) is 9.39. The summed E-state index contributed by atoms with van der Waals surface area (Å²) in [6.45, 7) is 4.80. The number of pyridine rings is 1. The fourth-order valence-corrected chi connectivity index (χ4v) is 3.20. The lowest BCUT2D eigenvalue weighted by Crippen LogP contribution is -2.24. The lowest BCUT2D eigenvalue weighted by atomic mass is 10.1. The van der Waals surface area contributed by atoms with Gasteiger partial charge in [0.25, 0.3) is 0 Å². The molecular weight excluding hydrogens is 416 g/mol. The van der Waals surface area contributed by atoms with Crippen molar-refractivity contribution in [1.29, 1.82) is 0 Å². The van der Waals surface area contributed by atoms with Gasteiger partial charge in [-0.3, -0.25) is 0 Å². The van der Waals surface area contributed by atoms with Gasteiger partial charge >= 0.3 is 5.51 Å². The minimum atomic E-state index is -4.96. The van der Waals surface area contributed by atoms with Crippen molar-refractivity contribution in [3.8, 4) is 11.6 Å². The van der Waals surface area contributed by atoms with Gasteiger partial charge in [0.15, 0.2) is 17.4 Å². The molecule has 2 aromatic heterocycles. The normalized spacial score (nSPS) is 13.1. The Hall–Kier alpha value is -2.89. The van der Waals surface area contributed by atoms with E-state index in [4.69, 9.17) is 4.74 Å². The highest BCUT2D eigenvalue weighted by molar-refractivity contribution is 7.84. The molecule has 3 aromatic rings. The predicted molar refractivity (Wildman–Crippen MR) is 99.0 cm³/mol. The van der Waals surface area contributed by atoms with E-state index in [1.807, 2.05) is 0 Å². The van der Waals surface area contributed by atoms with E-state index in [0.717, 1.165) is 6.07 Å². The van der Waals surface area contributed by atoms with Crippen molar-refractivity contribution in [2.45, 2.75) is 32.4 Å². The van der Waals surface area contributed by atoms with Gasteiger partial charge in [0.2, 0.25) is 16.9 Å². The Morgan fingerprint density at radius 2 is 1.90 bits per heavy atom. The first-order valence-electron chi connectivity index (χ1n) is 8.28. The van der Waals surface area contributed by atoms with Gasteiger partial charge in [0, 0.05) is 11.5 Å². The SMILES string of the molecule is Cc1cc(Nc2cc3cc(O)c(F)cc3c(OC(C)C)n2)nn1S(=O)C(F)(F)F. The third-order valence-corrected chi connectivity index (χ3v) is 4.75. The van der Waals surface area contributed by atoms with Crippen LogP contribution in [0, 0.1) is 12.7 Å². The molecule has 2 N–H and O–H groups in total. The van der Waals surface area contributed by atoms with Crippen LogP contribution in [0.1, 0.15) is 19.5 Å². The molecule has 156 valence electrons. The van der Waals surface area contributed by atoms with Crippen molar-refractivity contribution < 1.29 is 31.6 Å². The number of hydrogen-bond donors (Lipinski definition) is 2. The van der Waals surface area contributed by atoms with Gasteiger partial charge in [0.1, 0.15) is 5.82 Å². The molecule has 2 heterocycles. The maximum atomic E-state index is 13.8. The van der Waals surface area contributed by atoms with Crippen LogP contribution in [0.2, 0.25) is 0 Å². The molecule has 0 radical (unpaired) electrons. The molecular formula is C17H16F4N4O3S. The van der Waals surface area contributed by atoms with Crippen molar-refractivity contribution in [2.75, 3.05) is 5.32 Å². The minimum absolute atomic E-state index is 0.0160. The number of rotatable bonds is 5. The van der Waals surface area contributed by atoms with Gasteiger partial charge in [-0.05, 0) is 44.4 Å². The Kier molecular flexibility index (Phi) is 5.39. The quantitative estimate of drug-likeness (QED) is 0.589. The van der Waals surface area contributed by atoms with Gasteiger partial charge in [0.05, 0.1) is 11.8 Å². The van der Waals surface area contributed by atoms with Crippen LogP contribution in [0.3, 0.4) is 0 Å². The fraction of sp³-hybridized carbons (Fsp3) is 0.294. The zero-order chi connectivity index (χ0) is 21.5. The highest BCUT2D eigenvalue weighted by atomic mass is 32.2. The lowest BCUT2D eigenvalue weighted by molar-refractivity contribution is -0.0396. The summed E-state index contributed by atoms with van der Waals surface area (Å²) in [7, 11) is -3.34. The van der Waals surface area contributed by atoms with Gasteiger partial charge in [-0.2, -0.15) is 22.2 Å². The largest absolute Gasteiger partial charge is 0.505 e. The van der Waals surface area contributed by atoms with Gasteiger partial charge < -0.3 is 15.2 Å². The van der Waals surface area contributed by atoms with Crippen molar-refractivity contribution in [2.24, 2.45) is 0 Å². The van der Waals surface area contributed by atoms with E-state index in [-0.39, 0.29) is 29.3 Å². The maximum absolute atomic E-state index is 13.8. The second-order valence-corrected chi connectivity index (χ2v) is 7.67. The number of nitrogens with one attached hydrogen (secondary N) is 1. The number of alkyl halides is 3. The second kappa shape index (κ2) is 7.50. The van der Waals surface area contributed by atoms with E-state index < -0.39 is 28.1 Å². The van der Waals surface area contributed by atoms with Crippen molar-refractivity contribution in [3.63, 3.8) is 0 Å². The monoisotopic (exact) mass is 432 g/mol. The zero-order valence-corrected chi connectivity index (χ0v) is 16.2. The first-order chi connectivity index (χ1) is 13.5. The van der Waals surface area contributed by atoms with Crippen molar-refractivity contribution in [1.82, 2.24) is 14.2 Å². The molecule has 12 heteroatoms. The number of anilines is 2. The molecule has 1 unspecified atom stereocenters. The molecule has 3 rings (SSSR count). The summed E-state index contributed by atoms with van der Waals surface area (Å²) >= 11 is 0. The number of aromatic nitrogens is 3. The molecule has 0 aliphatic rings. The van der Waals surface area contributed by atoms with Crippen molar-refractivity contribution >= 4 is 33.4 Å². The van der Waals surface area contributed by atoms with E-state index in [2.05, 4.69) is 15.4 Å². The summed E-state index contributed by atoms with van der Waals surface area (Å²) in [6, 6.07) is 4.95. The van der Waals surface area contributed by atoms with E-state index in [1.165, 1.54) is 25.1 Å². The van der Waals surface area contributed by atoms with Crippen LogP contribution in [0.25, 0.3) is 10.8 Å². The molecule has 0 fully saturated rings. The summed E-state index contributed by atoms with van der Waals surface area (Å²) < 4.78 is 69.3. The Morgan fingerprint density at radius 1 is 1.21 bits per heavy atom. The molecule has 29 heavy (non-hydrogen) atoms. The smallest absolute Gasteiger partial charge is 0.492 e. The van der Waals surface area contributed by atoms with Crippen LogP contribution in [-0.2, 0) is 11.0 Å². The number of ether oxygens (including phenoxy) is 1. The van der Waals surface area contributed by atoms with Crippen LogP contribution in [0.5, 0.6) is 11.6 Å². The maximum Gasteiger partial charge on any atom is 0.492 e. The first kappa shape index (κ1) is 20.8. The number of fused-ring (bicyclic) bond motifs is 1. The summed E-state index contributed by atoms with van der Waals surface area (Å²) in [4.78, 5) is 4.21. The number of benzene rings is 1. The van der Waals surface area contributed by atoms with Gasteiger partial charge in [-0.1, -0.05) is 0 Å². The van der Waals surface area contributed by atoms with Gasteiger partial charge in [-0.15, -0.1) is 5.10 Å². The molecule has 0 saturated carbocycles. The number of halogens is 4. The average Bonchev–Trinajstić information content (AvgIpc) is 2.94. The number of aromatic hydroxyl groups is 1. The second-order valence-electron chi connectivity index (χ2n) is 6.37. The summed E-state index contributed by atoms with van der Waals surface area (Å²) in [5.74, 6) is -1.27. The zero-order valence-electron chi connectivity index (χ0n) is 15.4. The molecule has 0 aliphatic heterocycles. The average molecular weight is 432 g/mol. The predicted octanol–water partition coefficient (Wildman–Crippen LogP) is 4.15. The molecule has 7 nitrogen and oxygen atoms in total. The highest BCUT2D eigenvalue weighted by Crippen LogP contribution is 2.33. The number of hydrogen-bond acceptors (Lipinski definition) is 6. The van der Waals surface area contributed by atoms with Crippen LogP contribution in [-0.4, -0.2) is 35.1 Å². The molecule has 1 aromatic carbocycles. The molecule has 0 aliphatic carbocycles. The number of aryl methyl sites for hydroxylation is 1. The molecule has 1 atom stereocenters. The summed E-state index contributed by atoms with van der Waals surface area (Å²) in [5, 5.41) is 16.7. The lowest BCUT2D eigenvalue weighted by Gasteiger charge is -2.14. The number of nitrogens with zero attached hydrogens (tertiary/aromatic N) is 3. The molecule has 0 spiro atoms. The molecule has 0 bridgehead atoms. The van der Waals surface area contributed by atoms with E-state index in [9.17, 15) is 26.9 Å². The van der Waals surface area contributed by atoms with E-state index in [0.29, 0.717) is 14.9 Å². The minimum Gasteiger partial charge on any atom is -0.505 e. The Labute approximate surface area is 164 Å². The highest BCUT2D eigenvalue weighted by Gasteiger charge is 2.40. The van der Waals surface area contributed by atoms with Gasteiger partial charge in [-0.25, -0.2) is 8.60 Å². The molecule has 0 amide bonds. The Bertz CT molecular complexity index is 1100. The van der Waals surface area contributed by atoms with E-state index in [1.54, 1.807) is 13.8 Å².